The zero-order chi connectivity index (χ0) is 27.6. The number of aromatic nitrogens is 5. The van der Waals surface area contributed by atoms with Crippen molar-refractivity contribution < 1.29 is 27.4 Å². The summed E-state index contributed by atoms with van der Waals surface area (Å²) >= 11 is 5.88. The lowest BCUT2D eigenvalue weighted by Crippen LogP contribution is -2.33. The Balaban J connectivity index is 1.81. The number of sulfonamides is 1. The van der Waals surface area contributed by atoms with Crippen molar-refractivity contribution >= 4 is 33.5 Å². The van der Waals surface area contributed by atoms with Gasteiger partial charge in [0.2, 0.25) is 21.9 Å². The number of nitrogens with zero attached hydrogens (tertiary/aromatic N) is 6. The fourth-order valence-electron chi connectivity index (χ4n) is 4.32. The second-order valence-electron chi connectivity index (χ2n) is 8.56. The van der Waals surface area contributed by atoms with Gasteiger partial charge < -0.3 is 19.1 Å². The van der Waals surface area contributed by atoms with E-state index >= 15 is 0 Å². The number of hydrogen-bond acceptors (Lipinski definition) is 10. The molecule has 3 atom stereocenters. The molecule has 1 aliphatic heterocycles. The van der Waals surface area contributed by atoms with Crippen molar-refractivity contribution in [1.29, 1.82) is 0 Å². The molecule has 38 heavy (non-hydrogen) atoms. The highest BCUT2D eigenvalue weighted by atomic mass is 35.5. The molecule has 204 valence electrons. The summed E-state index contributed by atoms with van der Waals surface area (Å²) in [4.78, 5) is 22.1. The van der Waals surface area contributed by atoms with E-state index in [0.29, 0.717) is 40.9 Å². The van der Waals surface area contributed by atoms with E-state index in [9.17, 15) is 13.2 Å². The Kier molecular flexibility index (Phi) is 8.04. The minimum Gasteiger partial charge on any atom is -0.494 e. The van der Waals surface area contributed by atoms with Gasteiger partial charge in [-0.2, -0.15) is 0 Å². The molecular weight excluding hydrogens is 538 g/mol. The lowest BCUT2D eigenvalue weighted by atomic mass is 10.2. The van der Waals surface area contributed by atoms with Gasteiger partial charge in [0, 0.05) is 33.0 Å². The van der Waals surface area contributed by atoms with Crippen molar-refractivity contribution in [3.63, 3.8) is 0 Å². The number of likely N-dealkylation sites (tertiary alicyclic amines) is 1. The monoisotopic (exact) mass is 565 g/mol. The molecule has 3 heterocycles. The first kappa shape index (κ1) is 27.5. The first-order valence-corrected chi connectivity index (χ1v) is 13.5. The maximum atomic E-state index is 13.6. The Labute approximate surface area is 225 Å². The van der Waals surface area contributed by atoms with Gasteiger partial charge in [0.05, 0.1) is 25.3 Å². The van der Waals surface area contributed by atoms with Crippen LogP contribution >= 0.6 is 11.6 Å². The number of hydrogen-bond donors (Lipinski definition) is 1. The highest BCUT2D eigenvalue weighted by Gasteiger charge is 2.38. The van der Waals surface area contributed by atoms with Crippen LogP contribution < -0.4 is 14.2 Å². The first-order chi connectivity index (χ1) is 18.1. The van der Waals surface area contributed by atoms with Crippen molar-refractivity contribution in [1.82, 2.24) is 29.6 Å². The minimum atomic E-state index is -4.16. The SMILES string of the molecule is COc1cccc(OC)c1-n1c(NS(=O)(=O)[C@@H](C)[C@H](OC)c2ncc(Cl)cn2)nnc1[C@H]1CCC(=O)N1C. The van der Waals surface area contributed by atoms with E-state index in [1.54, 1.807) is 30.1 Å². The van der Waals surface area contributed by atoms with Crippen molar-refractivity contribution in [3.8, 4) is 17.2 Å². The van der Waals surface area contributed by atoms with Crippen LogP contribution in [0.4, 0.5) is 5.95 Å². The minimum absolute atomic E-state index is 0.0572. The van der Waals surface area contributed by atoms with E-state index in [-0.39, 0.29) is 17.7 Å². The summed E-state index contributed by atoms with van der Waals surface area (Å²) in [6, 6.07) is 4.68. The molecule has 0 saturated carbocycles. The maximum absolute atomic E-state index is 13.6. The van der Waals surface area contributed by atoms with Gasteiger partial charge >= 0.3 is 0 Å². The molecule has 0 bridgehead atoms. The molecule has 0 unspecified atom stereocenters. The van der Waals surface area contributed by atoms with Crippen molar-refractivity contribution in [2.75, 3.05) is 33.1 Å². The van der Waals surface area contributed by atoms with Gasteiger partial charge in [0.25, 0.3) is 0 Å². The number of halogens is 1. The zero-order valence-corrected chi connectivity index (χ0v) is 23.0. The van der Waals surface area contributed by atoms with Gasteiger partial charge in [-0.3, -0.25) is 14.1 Å². The van der Waals surface area contributed by atoms with Gasteiger partial charge in [-0.05, 0) is 25.5 Å². The number of carbonyl (C=O) groups excluding carboxylic acids is 1. The van der Waals surface area contributed by atoms with E-state index in [1.165, 1.54) is 45.2 Å². The summed E-state index contributed by atoms with van der Waals surface area (Å²) in [5.74, 6) is 1.09. The number of methoxy groups -OCH3 is 3. The zero-order valence-electron chi connectivity index (χ0n) is 21.5. The van der Waals surface area contributed by atoms with Crippen LogP contribution in [0.1, 0.15) is 43.6 Å². The molecule has 1 fully saturated rings. The number of carbonyl (C=O) groups is 1. The van der Waals surface area contributed by atoms with Crippen molar-refractivity contribution in [2.24, 2.45) is 0 Å². The molecule has 3 aromatic rings. The van der Waals surface area contributed by atoms with Crippen molar-refractivity contribution in [2.45, 2.75) is 37.2 Å². The number of nitrogens with one attached hydrogen (secondary N) is 1. The molecule has 13 nitrogen and oxygen atoms in total. The van der Waals surface area contributed by atoms with Gasteiger partial charge in [-0.15, -0.1) is 10.2 Å². The van der Waals surface area contributed by atoms with E-state index in [2.05, 4.69) is 24.9 Å². The van der Waals surface area contributed by atoms with Crippen LogP contribution in [-0.2, 0) is 19.6 Å². The normalized spacial score (nSPS) is 17.4. The summed E-state index contributed by atoms with van der Waals surface area (Å²) in [6.45, 7) is 1.46. The van der Waals surface area contributed by atoms with Crippen LogP contribution in [-0.4, -0.2) is 77.6 Å². The number of benzene rings is 1. The van der Waals surface area contributed by atoms with E-state index < -0.39 is 27.4 Å². The highest BCUT2D eigenvalue weighted by molar-refractivity contribution is 7.93. The van der Waals surface area contributed by atoms with Crippen LogP contribution in [0.25, 0.3) is 5.69 Å². The predicted molar refractivity (Wildman–Crippen MR) is 138 cm³/mol. The summed E-state index contributed by atoms with van der Waals surface area (Å²) in [5, 5.41) is 7.62. The van der Waals surface area contributed by atoms with Crippen LogP contribution in [0, 0.1) is 0 Å². The van der Waals surface area contributed by atoms with Gasteiger partial charge in [0.1, 0.15) is 28.5 Å². The third kappa shape index (κ3) is 5.11. The van der Waals surface area contributed by atoms with Crippen LogP contribution in [0.5, 0.6) is 11.5 Å². The largest absolute Gasteiger partial charge is 0.494 e. The Hall–Kier alpha value is -3.49. The number of anilines is 1. The number of ether oxygens (including phenoxy) is 3. The summed E-state index contributed by atoms with van der Waals surface area (Å²) in [6.07, 6.45) is 2.51. The fourth-order valence-corrected chi connectivity index (χ4v) is 5.54. The third-order valence-corrected chi connectivity index (χ3v) is 8.29. The summed E-state index contributed by atoms with van der Waals surface area (Å²) < 4.78 is 47.8. The van der Waals surface area contributed by atoms with Crippen molar-refractivity contribution in [3.05, 3.63) is 47.3 Å². The molecule has 0 spiro atoms. The molecular formula is C23H28ClN7O6S. The Morgan fingerprint density at radius 1 is 1.11 bits per heavy atom. The molecule has 15 heteroatoms. The average Bonchev–Trinajstić information content (AvgIpc) is 3.46. The van der Waals surface area contributed by atoms with Gasteiger partial charge in [-0.1, -0.05) is 17.7 Å². The third-order valence-electron chi connectivity index (χ3n) is 6.40. The molecule has 1 N–H and O–H groups in total. The number of rotatable bonds is 10. The summed E-state index contributed by atoms with van der Waals surface area (Å²) in [7, 11) is 1.83. The van der Waals surface area contributed by atoms with Crippen LogP contribution in [0.2, 0.25) is 5.02 Å². The predicted octanol–water partition coefficient (Wildman–Crippen LogP) is 2.54. The smallest absolute Gasteiger partial charge is 0.243 e. The molecule has 1 saturated heterocycles. The van der Waals surface area contributed by atoms with Crippen LogP contribution in [0.15, 0.2) is 30.6 Å². The maximum Gasteiger partial charge on any atom is 0.243 e. The van der Waals surface area contributed by atoms with E-state index in [4.69, 9.17) is 25.8 Å². The number of para-hydroxylation sites is 1. The molecule has 1 aromatic carbocycles. The Morgan fingerprint density at radius 2 is 1.74 bits per heavy atom. The molecule has 1 aliphatic rings. The second-order valence-corrected chi connectivity index (χ2v) is 11.0. The molecule has 0 aliphatic carbocycles. The Bertz CT molecular complexity index is 1390. The molecule has 0 radical (unpaired) electrons. The summed E-state index contributed by atoms with van der Waals surface area (Å²) in [5.41, 5.74) is 0.375. The Morgan fingerprint density at radius 3 is 2.26 bits per heavy atom. The van der Waals surface area contributed by atoms with E-state index in [1.807, 2.05) is 0 Å². The van der Waals surface area contributed by atoms with Gasteiger partial charge in [0.15, 0.2) is 11.6 Å². The van der Waals surface area contributed by atoms with Crippen LogP contribution in [0.3, 0.4) is 0 Å². The average molecular weight is 566 g/mol. The molecule has 4 rings (SSSR count). The highest BCUT2D eigenvalue weighted by Crippen LogP contribution is 2.40. The fraction of sp³-hybridized carbons (Fsp3) is 0.435. The lowest BCUT2D eigenvalue weighted by Gasteiger charge is -2.24. The second kappa shape index (κ2) is 11.1. The quantitative estimate of drug-likeness (QED) is 0.388. The molecule has 2 aromatic heterocycles. The van der Waals surface area contributed by atoms with E-state index in [0.717, 1.165) is 0 Å². The van der Waals surface area contributed by atoms with Gasteiger partial charge in [-0.25, -0.2) is 18.4 Å². The topological polar surface area (TPSA) is 151 Å². The lowest BCUT2D eigenvalue weighted by molar-refractivity contribution is -0.127. The molecule has 1 amide bonds. The number of amides is 1. The standard InChI is InChI=1S/C23H28ClN7O6S/c1-13(20(37-5)21-25-11-14(24)12-26-21)38(33,34)29-23-28-27-22(15-9-10-18(32)30(15)2)31(23)19-16(35-3)7-6-8-17(19)36-4/h6-8,11-13,15,20H,9-10H2,1-5H3,(H,28,29)/t13-,15+,20-/m0/s1. The first-order valence-electron chi connectivity index (χ1n) is 11.6.